The molecule has 2 nitrogen and oxygen atoms in total. The highest BCUT2D eigenvalue weighted by Crippen LogP contribution is 2.25. The zero-order valence-electron chi connectivity index (χ0n) is 8.68. The molecule has 1 atom stereocenters. The summed E-state index contributed by atoms with van der Waals surface area (Å²) < 4.78 is 5.66. The van der Waals surface area contributed by atoms with Crippen molar-refractivity contribution >= 4 is 0 Å². The summed E-state index contributed by atoms with van der Waals surface area (Å²) in [4.78, 5) is 0. The second-order valence-corrected chi connectivity index (χ2v) is 3.65. The van der Waals surface area contributed by atoms with Gasteiger partial charge in [-0.25, -0.2) is 0 Å². The van der Waals surface area contributed by atoms with Crippen LogP contribution in [-0.4, -0.2) is 11.7 Å². The van der Waals surface area contributed by atoms with Gasteiger partial charge in [0.15, 0.2) is 0 Å². The summed E-state index contributed by atoms with van der Waals surface area (Å²) in [5.74, 6) is 1.74. The topological polar surface area (TPSA) is 33.4 Å². The lowest BCUT2D eigenvalue weighted by Crippen LogP contribution is -1.95. The minimum Gasteiger partial charge on any atom is -0.461 e. The Morgan fingerprint density at radius 2 is 1.87 bits per heavy atom. The van der Waals surface area contributed by atoms with Crippen molar-refractivity contribution in [3.05, 3.63) is 48.2 Å². The first kappa shape index (κ1) is 9.99. The molecule has 0 saturated heterocycles. The van der Waals surface area contributed by atoms with Gasteiger partial charge in [-0.1, -0.05) is 37.3 Å². The predicted octanol–water partition coefficient (Wildman–Crippen LogP) is 3.04. The zero-order chi connectivity index (χ0) is 10.7. The van der Waals surface area contributed by atoms with E-state index in [-0.39, 0.29) is 12.5 Å². The van der Waals surface area contributed by atoms with Gasteiger partial charge >= 0.3 is 0 Å². The zero-order valence-corrected chi connectivity index (χ0v) is 8.68. The number of aliphatic hydroxyl groups is 1. The molecule has 78 valence electrons. The van der Waals surface area contributed by atoms with E-state index in [0.29, 0.717) is 0 Å². The molecule has 2 aromatic rings. The number of hydrogen-bond acceptors (Lipinski definition) is 2. The summed E-state index contributed by atoms with van der Waals surface area (Å²) in [6.07, 6.45) is 0. The fourth-order valence-corrected chi connectivity index (χ4v) is 1.47. The minimum absolute atomic E-state index is 0.0578. The standard InChI is InChI=1S/C13H14O2/c1-10(9-14)12-7-8-13(15-12)11-5-3-2-4-6-11/h2-8,10,14H,9H2,1H3. The number of hydrogen-bond donors (Lipinski definition) is 1. The lowest BCUT2D eigenvalue weighted by Gasteiger charge is -2.02. The van der Waals surface area contributed by atoms with Crippen molar-refractivity contribution < 1.29 is 9.52 Å². The van der Waals surface area contributed by atoms with E-state index in [4.69, 9.17) is 9.52 Å². The van der Waals surface area contributed by atoms with Gasteiger partial charge < -0.3 is 9.52 Å². The van der Waals surface area contributed by atoms with Gasteiger partial charge in [-0.3, -0.25) is 0 Å². The van der Waals surface area contributed by atoms with Crippen LogP contribution < -0.4 is 0 Å². The van der Waals surface area contributed by atoms with Crippen LogP contribution in [0.2, 0.25) is 0 Å². The Labute approximate surface area is 89.2 Å². The van der Waals surface area contributed by atoms with Gasteiger partial charge in [0, 0.05) is 11.5 Å². The Balaban J connectivity index is 2.28. The van der Waals surface area contributed by atoms with Gasteiger partial charge in [0.1, 0.15) is 11.5 Å². The molecule has 1 aromatic heterocycles. The molecular weight excluding hydrogens is 188 g/mol. The average Bonchev–Trinajstić information content (AvgIpc) is 2.78. The van der Waals surface area contributed by atoms with Crippen molar-refractivity contribution in [1.82, 2.24) is 0 Å². The van der Waals surface area contributed by atoms with Crippen molar-refractivity contribution in [3.8, 4) is 11.3 Å². The Kier molecular flexibility index (Phi) is 2.88. The Morgan fingerprint density at radius 1 is 1.13 bits per heavy atom. The average molecular weight is 202 g/mol. The van der Waals surface area contributed by atoms with E-state index in [2.05, 4.69) is 0 Å². The first-order chi connectivity index (χ1) is 7.31. The lowest BCUT2D eigenvalue weighted by molar-refractivity contribution is 0.258. The van der Waals surface area contributed by atoms with E-state index in [0.717, 1.165) is 17.1 Å². The van der Waals surface area contributed by atoms with Gasteiger partial charge in [-0.2, -0.15) is 0 Å². The maximum absolute atomic E-state index is 9.01. The smallest absolute Gasteiger partial charge is 0.134 e. The lowest BCUT2D eigenvalue weighted by atomic mass is 10.1. The third-order valence-electron chi connectivity index (χ3n) is 2.44. The van der Waals surface area contributed by atoms with Gasteiger partial charge in [-0.15, -0.1) is 0 Å². The highest BCUT2D eigenvalue weighted by Gasteiger charge is 2.09. The van der Waals surface area contributed by atoms with Crippen LogP contribution in [-0.2, 0) is 0 Å². The molecule has 1 aromatic carbocycles. The molecule has 0 radical (unpaired) electrons. The van der Waals surface area contributed by atoms with Crippen LogP contribution in [0.5, 0.6) is 0 Å². The molecule has 0 amide bonds. The quantitative estimate of drug-likeness (QED) is 0.829. The molecule has 1 unspecified atom stereocenters. The van der Waals surface area contributed by atoms with E-state index >= 15 is 0 Å². The Morgan fingerprint density at radius 3 is 2.53 bits per heavy atom. The molecule has 1 heterocycles. The molecule has 2 rings (SSSR count). The molecule has 0 spiro atoms. The SMILES string of the molecule is CC(CO)c1ccc(-c2ccccc2)o1. The second-order valence-electron chi connectivity index (χ2n) is 3.65. The molecule has 15 heavy (non-hydrogen) atoms. The van der Waals surface area contributed by atoms with Crippen molar-refractivity contribution in [3.63, 3.8) is 0 Å². The van der Waals surface area contributed by atoms with Crippen molar-refractivity contribution in [2.75, 3.05) is 6.61 Å². The summed E-state index contributed by atoms with van der Waals surface area (Å²) >= 11 is 0. The number of furan rings is 1. The molecule has 0 fully saturated rings. The highest BCUT2D eigenvalue weighted by molar-refractivity contribution is 5.57. The Hall–Kier alpha value is -1.54. The van der Waals surface area contributed by atoms with E-state index in [9.17, 15) is 0 Å². The molecule has 1 N–H and O–H groups in total. The molecule has 0 saturated carbocycles. The van der Waals surface area contributed by atoms with Crippen LogP contribution in [0.4, 0.5) is 0 Å². The maximum Gasteiger partial charge on any atom is 0.134 e. The van der Waals surface area contributed by atoms with Crippen LogP contribution in [0.1, 0.15) is 18.6 Å². The first-order valence-electron chi connectivity index (χ1n) is 5.07. The van der Waals surface area contributed by atoms with Gasteiger partial charge in [0.05, 0.1) is 6.61 Å². The summed E-state index contributed by atoms with van der Waals surface area (Å²) in [6.45, 7) is 2.05. The van der Waals surface area contributed by atoms with Crippen molar-refractivity contribution in [2.45, 2.75) is 12.8 Å². The molecule has 0 aliphatic carbocycles. The minimum atomic E-state index is 0.0578. The Bertz CT molecular complexity index is 417. The van der Waals surface area contributed by atoms with Crippen molar-refractivity contribution in [2.24, 2.45) is 0 Å². The fourth-order valence-electron chi connectivity index (χ4n) is 1.47. The number of aliphatic hydroxyl groups excluding tert-OH is 1. The highest BCUT2D eigenvalue weighted by atomic mass is 16.3. The van der Waals surface area contributed by atoms with Crippen LogP contribution in [0.25, 0.3) is 11.3 Å². The van der Waals surface area contributed by atoms with E-state index < -0.39 is 0 Å². The number of benzene rings is 1. The normalized spacial score (nSPS) is 12.7. The van der Waals surface area contributed by atoms with Crippen molar-refractivity contribution in [1.29, 1.82) is 0 Å². The van der Waals surface area contributed by atoms with Gasteiger partial charge in [-0.05, 0) is 12.1 Å². The molecule has 0 aliphatic heterocycles. The first-order valence-corrected chi connectivity index (χ1v) is 5.07. The van der Waals surface area contributed by atoms with Crippen LogP contribution in [0, 0.1) is 0 Å². The summed E-state index contributed by atoms with van der Waals surface area (Å²) in [7, 11) is 0. The van der Waals surface area contributed by atoms with Crippen LogP contribution in [0.15, 0.2) is 46.9 Å². The molecule has 2 heteroatoms. The molecular formula is C13H14O2. The fraction of sp³-hybridized carbons (Fsp3) is 0.231. The van der Waals surface area contributed by atoms with Gasteiger partial charge in [0.2, 0.25) is 0 Å². The monoisotopic (exact) mass is 202 g/mol. The number of rotatable bonds is 3. The molecule has 0 aliphatic rings. The third kappa shape index (κ3) is 2.10. The maximum atomic E-state index is 9.01. The summed E-state index contributed by atoms with van der Waals surface area (Å²) in [5.41, 5.74) is 1.06. The second kappa shape index (κ2) is 4.32. The molecule has 0 bridgehead atoms. The third-order valence-corrected chi connectivity index (χ3v) is 2.44. The van der Waals surface area contributed by atoms with E-state index in [1.807, 2.05) is 49.4 Å². The predicted molar refractivity (Wildman–Crippen MR) is 59.6 cm³/mol. The van der Waals surface area contributed by atoms with E-state index in [1.165, 1.54) is 0 Å². The largest absolute Gasteiger partial charge is 0.461 e. The summed E-state index contributed by atoms with van der Waals surface area (Å²) in [6, 6.07) is 13.8. The van der Waals surface area contributed by atoms with Crippen LogP contribution in [0.3, 0.4) is 0 Å². The van der Waals surface area contributed by atoms with E-state index in [1.54, 1.807) is 0 Å². The van der Waals surface area contributed by atoms with Gasteiger partial charge in [0.25, 0.3) is 0 Å². The van der Waals surface area contributed by atoms with Crippen LogP contribution >= 0.6 is 0 Å². The summed E-state index contributed by atoms with van der Waals surface area (Å²) in [5, 5.41) is 9.01.